The van der Waals surface area contributed by atoms with Crippen LogP contribution >= 0.6 is 0 Å². The van der Waals surface area contributed by atoms with E-state index < -0.39 is 17.3 Å². The fraction of sp³-hybridized carbons (Fsp3) is 0.917. The quantitative estimate of drug-likeness (QED) is 0.661. The van der Waals surface area contributed by atoms with Crippen LogP contribution in [0.2, 0.25) is 0 Å². The highest BCUT2D eigenvalue weighted by atomic mass is 16.6. The van der Waals surface area contributed by atoms with Crippen LogP contribution in [0.15, 0.2) is 0 Å². The van der Waals surface area contributed by atoms with Crippen molar-refractivity contribution >= 4 is 6.09 Å². The van der Waals surface area contributed by atoms with E-state index in [0.717, 1.165) is 6.42 Å². The summed E-state index contributed by atoms with van der Waals surface area (Å²) in [5, 5.41) is 12.7. The topological polar surface area (TPSA) is 84.6 Å². The van der Waals surface area contributed by atoms with Crippen LogP contribution in [-0.4, -0.2) is 35.5 Å². The maximum Gasteiger partial charge on any atom is 0.407 e. The molecule has 0 fully saturated rings. The first-order valence-corrected chi connectivity index (χ1v) is 6.12. The van der Waals surface area contributed by atoms with Gasteiger partial charge in [0, 0.05) is 13.1 Å². The fourth-order valence-electron chi connectivity index (χ4n) is 1.51. The van der Waals surface area contributed by atoms with Crippen LogP contribution in [0, 0.1) is 0 Å². The van der Waals surface area contributed by atoms with Crippen LogP contribution in [0.25, 0.3) is 0 Å². The molecular formula is C12H26N2O3. The number of alkyl carbamates (subject to hydrolysis) is 1. The minimum absolute atomic E-state index is 0.205. The Hall–Kier alpha value is -0.810. The van der Waals surface area contributed by atoms with E-state index in [4.69, 9.17) is 10.5 Å². The molecule has 0 radical (unpaired) electrons. The molecule has 0 aliphatic heterocycles. The molecule has 0 aromatic carbocycles. The third-order valence-electron chi connectivity index (χ3n) is 2.35. The number of nitrogens with two attached hydrogens (primary N) is 1. The van der Waals surface area contributed by atoms with E-state index in [2.05, 4.69) is 5.32 Å². The lowest BCUT2D eigenvalue weighted by Gasteiger charge is -2.26. The molecule has 1 unspecified atom stereocenters. The van der Waals surface area contributed by atoms with Gasteiger partial charge in [-0.2, -0.15) is 0 Å². The zero-order chi connectivity index (χ0) is 13.5. The maximum atomic E-state index is 11.3. The van der Waals surface area contributed by atoms with Crippen molar-refractivity contribution in [2.24, 2.45) is 5.73 Å². The number of ether oxygens (including phenoxy) is 1. The van der Waals surface area contributed by atoms with Gasteiger partial charge in [-0.1, -0.05) is 13.3 Å². The third-order valence-corrected chi connectivity index (χ3v) is 2.35. The number of rotatable bonds is 6. The van der Waals surface area contributed by atoms with E-state index in [1.165, 1.54) is 0 Å². The Kier molecular flexibility index (Phi) is 6.49. The molecule has 0 aromatic heterocycles. The maximum absolute atomic E-state index is 11.3. The SMILES string of the molecule is CCCC(O)(CN)CCNC(=O)OC(C)(C)C. The van der Waals surface area contributed by atoms with Crippen molar-refractivity contribution in [3.63, 3.8) is 0 Å². The van der Waals surface area contributed by atoms with E-state index in [0.29, 0.717) is 19.4 Å². The number of aliphatic hydroxyl groups is 1. The number of carbonyl (C=O) groups excluding carboxylic acids is 1. The summed E-state index contributed by atoms with van der Waals surface area (Å²) in [6.07, 6.45) is 1.48. The van der Waals surface area contributed by atoms with Crippen LogP contribution in [-0.2, 0) is 4.74 Å². The van der Waals surface area contributed by atoms with Crippen molar-refractivity contribution < 1.29 is 14.6 Å². The van der Waals surface area contributed by atoms with Gasteiger partial charge in [0.1, 0.15) is 5.60 Å². The summed E-state index contributed by atoms with van der Waals surface area (Å²) < 4.78 is 5.08. The Bertz CT molecular complexity index is 238. The van der Waals surface area contributed by atoms with Crippen molar-refractivity contribution in [1.29, 1.82) is 0 Å². The fourth-order valence-corrected chi connectivity index (χ4v) is 1.51. The molecule has 1 atom stereocenters. The molecule has 0 saturated carbocycles. The molecule has 1 amide bonds. The monoisotopic (exact) mass is 246 g/mol. The van der Waals surface area contributed by atoms with Crippen molar-refractivity contribution in [2.45, 2.75) is 58.2 Å². The third kappa shape index (κ3) is 7.99. The Morgan fingerprint density at radius 1 is 1.35 bits per heavy atom. The van der Waals surface area contributed by atoms with Crippen LogP contribution < -0.4 is 11.1 Å². The summed E-state index contributed by atoms with van der Waals surface area (Å²) in [5.41, 5.74) is 4.13. The molecule has 102 valence electrons. The molecule has 0 spiro atoms. The first-order chi connectivity index (χ1) is 7.72. The lowest BCUT2D eigenvalue weighted by molar-refractivity contribution is 0.0273. The van der Waals surface area contributed by atoms with Gasteiger partial charge in [0.25, 0.3) is 0 Å². The highest BCUT2D eigenvalue weighted by Gasteiger charge is 2.24. The summed E-state index contributed by atoms with van der Waals surface area (Å²) in [7, 11) is 0. The number of hydrogen-bond donors (Lipinski definition) is 3. The Balaban J connectivity index is 3.93. The second kappa shape index (κ2) is 6.81. The lowest BCUT2D eigenvalue weighted by atomic mass is 9.94. The van der Waals surface area contributed by atoms with Crippen molar-refractivity contribution in [2.75, 3.05) is 13.1 Å². The molecule has 0 heterocycles. The number of carbonyl (C=O) groups is 1. The summed E-state index contributed by atoms with van der Waals surface area (Å²) in [5.74, 6) is 0. The average Bonchev–Trinajstić information content (AvgIpc) is 2.15. The van der Waals surface area contributed by atoms with Crippen LogP contribution in [0.4, 0.5) is 4.79 Å². The van der Waals surface area contributed by atoms with E-state index in [9.17, 15) is 9.90 Å². The minimum Gasteiger partial charge on any atom is -0.444 e. The summed E-state index contributed by atoms with van der Waals surface area (Å²) in [6.45, 7) is 7.97. The smallest absolute Gasteiger partial charge is 0.407 e. The molecule has 0 aromatic rings. The van der Waals surface area contributed by atoms with Gasteiger partial charge >= 0.3 is 6.09 Å². The van der Waals surface area contributed by atoms with Crippen LogP contribution in [0.3, 0.4) is 0 Å². The Morgan fingerprint density at radius 3 is 2.35 bits per heavy atom. The first kappa shape index (κ1) is 16.2. The molecular weight excluding hydrogens is 220 g/mol. The highest BCUT2D eigenvalue weighted by molar-refractivity contribution is 5.67. The van der Waals surface area contributed by atoms with Crippen LogP contribution in [0.1, 0.15) is 47.0 Å². The van der Waals surface area contributed by atoms with Crippen LogP contribution in [0.5, 0.6) is 0 Å². The van der Waals surface area contributed by atoms with Gasteiger partial charge in [-0.05, 0) is 33.6 Å². The molecule has 0 bridgehead atoms. The second-order valence-electron chi connectivity index (χ2n) is 5.36. The highest BCUT2D eigenvalue weighted by Crippen LogP contribution is 2.15. The Morgan fingerprint density at radius 2 is 1.94 bits per heavy atom. The standard InChI is InChI=1S/C12H26N2O3/c1-5-6-12(16,9-13)7-8-14-10(15)17-11(2,3)4/h16H,5-9,13H2,1-4H3,(H,14,15). The van der Waals surface area contributed by atoms with E-state index in [1.54, 1.807) is 20.8 Å². The minimum atomic E-state index is -0.885. The zero-order valence-electron chi connectivity index (χ0n) is 11.4. The predicted octanol–water partition coefficient (Wildman–Crippen LogP) is 1.39. The van der Waals surface area contributed by atoms with Gasteiger partial charge in [0.2, 0.25) is 0 Å². The molecule has 5 heteroatoms. The molecule has 0 saturated heterocycles. The van der Waals surface area contributed by atoms with Gasteiger partial charge in [0.05, 0.1) is 5.60 Å². The average molecular weight is 246 g/mol. The van der Waals surface area contributed by atoms with Crippen molar-refractivity contribution in [3.05, 3.63) is 0 Å². The summed E-state index contributed by atoms with van der Waals surface area (Å²) in [6, 6.07) is 0. The van der Waals surface area contributed by atoms with Gasteiger partial charge in [-0.15, -0.1) is 0 Å². The number of hydrogen-bond acceptors (Lipinski definition) is 4. The van der Waals surface area contributed by atoms with Gasteiger partial charge in [0.15, 0.2) is 0 Å². The molecule has 0 rings (SSSR count). The van der Waals surface area contributed by atoms with Crippen molar-refractivity contribution in [3.8, 4) is 0 Å². The van der Waals surface area contributed by atoms with Gasteiger partial charge < -0.3 is 20.9 Å². The lowest BCUT2D eigenvalue weighted by Crippen LogP contribution is -2.42. The summed E-state index contributed by atoms with van der Waals surface area (Å²) in [4.78, 5) is 11.3. The normalized spacial score (nSPS) is 15.2. The van der Waals surface area contributed by atoms with Gasteiger partial charge in [-0.3, -0.25) is 0 Å². The second-order valence-corrected chi connectivity index (χ2v) is 5.36. The van der Waals surface area contributed by atoms with Gasteiger partial charge in [-0.25, -0.2) is 4.79 Å². The largest absolute Gasteiger partial charge is 0.444 e. The predicted molar refractivity (Wildman–Crippen MR) is 67.8 cm³/mol. The first-order valence-electron chi connectivity index (χ1n) is 6.12. The number of amides is 1. The Labute approximate surface area is 104 Å². The zero-order valence-corrected chi connectivity index (χ0v) is 11.4. The van der Waals surface area contributed by atoms with Crippen molar-refractivity contribution in [1.82, 2.24) is 5.32 Å². The summed E-state index contributed by atoms with van der Waals surface area (Å²) >= 11 is 0. The molecule has 17 heavy (non-hydrogen) atoms. The van der Waals surface area contributed by atoms with E-state index in [1.807, 2.05) is 6.92 Å². The molecule has 4 N–H and O–H groups in total. The molecule has 0 aliphatic rings. The molecule has 5 nitrogen and oxygen atoms in total. The van der Waals surface area contributed by atoms with E-state index in [-0.39, 0.29) is 6.54 Å². The number of nitrogens with one attached hydrogen (secondary N) is 1. The van der Waals surface area contributed by atoms with E-state index >= 15 is 0 Å². The molecule has 0 aliphatic carbocycles.